The van der Waals surface area contributed by atoms with Crippen molar-refractivity contribution in [2.75, 3.05) is 18.4 Å². The van der Waals surface area contributed by atoms with Crippen LogP contribution in [0.1, 0.15) is 33.6 Å². The SMILES string of the molecule is O=C(Nc1cnn(-c2ccc(C(=O)N3CCC(Oc4cccnc4)CC3)cc2)c1)c1ccoc1. The van der Waals surface area contributed by atoms with Crippen LogP contribution in [0.15, 0.2) is 84.2 Å². The topological polar surface area (TPSA) is 102 Å². The van der Waals surface area contributed by atoms with Gasteiger partial charge >= 0.3 is 0 Å². The number of amides is 2. The number of piperidine rings is 1. The second-order valence-corrected chi connectivity index (χ2v) is 7.98. The van der Waals surface area contributed by atoms with Gasteiger partial charge in [-0.25, -0.2) is 4.68 Å². The number of ether oxygens (including phenoxy) is 1. The van der Waals surface area contributed by atoms with E-state index in [4.69, 9.17) is 9.15 Å². The molecule has 0 spiro atoms. The molecule has 1 saturated heterocycles. The Morgan fingerprint density at radius 1 is 1.03 bits per heavy atom. The Labute approximate surface area is 196 Å². The highest BCUT2D eigenvalue weighted by Crippen LogP contribution is 2.20. The highest BCUT2D eigenvalue weighted by molar-refractivity contribution is 6.03. The van der Waals surface area contributed by atoms with Gasteiger partial charge in [0.25, 0.3) is 11.8 Å². The summed E-state index contributed by atoms with van der Waals surface area (Å²) in [5.74, 6) is 0.481. The summed E-state index contributed by atoms with van der Waals surface area (Å²) in [6.45, 7) is 1.29. The van der Waals surface area contributed by atoms with Crippen molar-refractivity contribution in [1.29, 1.82) is 0 Å². The van der Waals surface area contributed by atoms with Gasteiger partial charge in [-0.3, -0.25) is 14.6 Å². The van der Waals surface area contributed by atoms with Crippen molar-refractivity contribution >= 4 is 17.5 Å². The van der Waals surface area contributed by atoms with Crippen LogP contribution < -0.4 is 10.1 Å². The van der Waals surface area contributed by atoms with Crippen LogP contribution in [0.5, 0.6) is 5.75 Å². The number of nitrogens with zero attached hydrogens (tertiary/aromatic N) is 4. The normalized spacial score (nSPS) is 14.1. The minimum atomic E-state index is -0.274. The highest BCUT2D eigenvalue weighted by atomic mass is 16.5. The number of rotatable bonds is 6. The Morgan fingerprint density at radius 2 is 1.85 bits per heavy atom. The van der Waals surface area contributed by atoms with Crippen LogP contribution in [-0.2, 0) is 0 Å². The number of pyridine rings is 1. The smallest absolute Gasteiger partial charge is 0.259 e. The number of hydrogen-bond acceptors (Lipinski definition) is 6. The van der Waals surface area contributed by atoms with Crippen molar-refractivity contribution in [3.8, 4) is 11.4 Å². The number of carbonyl (C=O) groups is 2. The van der Waals surface area contributed by atoms with E-state index in [1.165, 1.54) is 12.5 Å². The van der Waals surface area contributed by atoms with Crippen LogP contribution in [0.3, 0.4) is 0 Å². The van der Waals surface area contributed by atoms with Crippen molar-refractivity contribution in [3.05, 3.63) is 90.9 Å². The molecule has 4 heterocycles. The summed E-state index contributed by atoms with van der Waals surface area (Å²) in [4.78, 5) is 31.0. The van der Waals surface area contributed by atoms with Gasteiger partial charge in [-0.1, -0.05) is 0 Å². The largest absolute Gasteiger partial charge is 0.489 e. The van der Waals surface area contributed by atoms with E-state index in [0.29, 0.717) is 29.9 Å². The summed E-state index contributed by atoms with van der Waals surface area (Å²) in [7, 11) is 0. The lowest BCUT2D eigenvalue weighted by Gasteiger charge is -2.32. The van der Waals surface area contributed by atoms with E-state index in [2.05, 4.69) is 15.4 Å². The minimum absolute atomic E-state index is 0.0000856. The minimum Gasteiger partial charge on any atom is -0.489 e. The molecule has 0 atom stereocenters. The van der Waals surface area contributed by atoms with Gasteiger partial charge in [-0.2, -0.15) is 5.10 Å². The van der Waals surface area contributed by atoms with Crippen molar-refractivity contribution in [3.63, 3.8) is 0 Å². The Kier molecular flexibility index (Phi) is 6.07. The van der Waals surface area contributed by atoms with E-state index in [1.807, 2.05) is 29.2 Å². The molecule has 1 fully saturated rings. The van der Waals surface area contributed by atoms with Gasteiger partial charge in [-0.15, -0.1) is 0 Å². The Bertz CT molecular complexity index is 1240. The maximum atomic E-state index is 12.9. The average molecular weight is 457 g/mol. The summed E-state index contributed by atoms with van der Waals surface area (Å²) >= 11 is 0. The fraction of sp³-hybridized carbons (Fsp3) is 0.200. The molecule has 5 rings (SSSR count). The first-order valence-electron chi connectivity index (χ1n) is 11.0. The molecule has 9 heteroatoms. The van der Waals surface area contributed by atoms with Gasteiger partial charge in [0.05, 0.1) is 41.8 Å². The zero-order chi connectivity index (χ0) is 23.3. The summed E-state index contributed by atoms with van der Waals surface area (Å²) in [6, 6.07) is 12.6. The third kappa shape index (κ3) is 4.83. The van der Waals surface area contributed by atoms with Crippen molar-refractivity contribution in [2.45, 2.75) is 18.9 Å². The van der Waals surface area contributed by atoms with E-state index in [9.17, 15) is 9.59 Å². The van der Waals surface area contributed by atoms with Crippen LogP contribution in [0, 0.1) is 0 Å². The maximum absolute atomic E-state index is 12.9. The number of aromatic nitrogens is 3. The molecule has 172 valence electrons. The van der Waals surface area contributed by atoms with Gasteiger partial charge < -0.3 is 19.4 Å². The molecular weight excluding hydrogens is 434 g/mol. The Morgan fingerprint density at radius 3 is 2.56 bits per heavy atom. The second kappa shape index (κ2) is 9.62. The summed E-state index contributed by atoms with van der Waals surface area (Å²) in [6.07, 6.45) is 11.2. The molecule has 34 heavy (non-hydrogen) atoms. The summed E-state index contributed by atoms with van der Waals surface area (Å²) in [5.41, 5.74) is 2.39. The first-order valence-corrected chi connectivity index (χ1v) is 11.0. The van der Waals surface area contributed by atoms with Gasteiger partial charge in [-0.05, 0) is 42.5 Å². The molecule has 3 aromatic heterocycles. The number of hydrogen-bond donors (Lipinski definition) is 1. The average Bonchev–Trinajstić information content (AvgIpc) is 3.58. The number of benzene rings is 1. The number of carbonyl (C=O) groups excluding carboxylic acids is 2. The van der Waals surface area contributed by atoms with E-state index in [0.717, 1.165) is 24.3 Å². The first-order chi connectivity index (χ1) is 16.7. The molecular formula is C25H23N5O4. The number of nitrogens with one attached hydrogen (secondary N) is 1. The number of likely N-dealkylation sites (tertiary alicyclic amines) is 1. The molecule has 2 amide bonds. The van der Waals surface area contributed by atoms with Crippen molar-refractivity contribution < 1.29 is 18.7 Å². The zero-order valence-corrected chi connectivity index (χ0v) is 18.3. The monoisotopic (exact) mass is 457 g/mol. The van der Waals surface area contributed by atoms with Gasteiger partial charge in [0, 0.05) is 37.7 Å². The molecule has 1 aliphatic rings. The van der Waals surface area contributed by atoms with Crippen LogP contribution >= 0.6 is 0 Å². The predicted octanol–water partition coefficient (Wildman–Crippen LogP) is 3.80. The van der Waals surface area contributed by atoms with E-state index in [1.54, 1.807) is 47.7 Å². The third-order valence-electron chi connectivity index (χ3n) is 5.67. The Hall–Kier alpha value is -4.40. The summed E-state index contributed by atoms with van der Waals surface area (Å²) in [5, 5.41) is 7.06. The second-order valence-electron chi connectivity index (χ2n) is 7.98. The molecule has 9 nitrogen and oxygen atoms in total. The van der Waals surface area contributed by atoms with Gasteiger partial charge in [0.1, 0.15) is 18.1 Å². The lowest BCUT2D eigenvalue weighted by atomic mass is 10.1. The molecule has 1 N–H and O–H groups in total. The molecule has 0 saturated carbocycles. The number of furan rings is 1. The summed E-state index contributed by atoms with van der Waals surface area (Å²) < 4.78 is 12.5. The van der Waals surface area contributed by atoms with E-state index in [-0.39, 0.29) is 17.9 Å². The number of anilines is 1. The molecule has 1 aromatic carbocycles. The van der Waals surface area contributed by atoms with Crippen LogP contribution in [0.4, 0.5) is 5.69 Å². The predicted molar refractivity (Wildman–Crippen MR) is 124 cm³/mol. The van der Waals surface area contributed by atoms with Crippen LogP contribution in [0.2, 0.25) is 0 Å². The molecule has 1 aliphatic heterocycles. The lowest BCUT2D eigenvalue weighted by molar-refractivity contribution is 0.0595. The van der Waals surface area contributed by atoms with E-state index >= 15 is 0 Å². The fourth-order valence-corrected chi connectivity index (χ4v) is 3.85. The van der Waals surface area contributed by atoms with Gasteiger partial charge in [0.2, 0.25) is 0 Å². The van der Waals surface area contributed by atoms with E-state index < -0.39 is 0 Å². The zero-order valence-electron chi connectivity index (χ0n) is 18.3. The quantitative estimate of drug-likeness (QED) is 0.473. The molecule has 0 bridgehead atoms. The first kappa shape index (κ1) is 21.4. The maximum Gasteiger partial charge on any atom is 0.259 e. The molecule has 0 aliphatic carbocycles. The molecule has 0 unspecified atom stereocenters. The van der Waals surface area contributed by atoms with Crippen LogP contribution in [-0.4, -0.2) is 50.7 Å². The van der Waals surface area contributed by atoms with Gasteiger partial charge in [0.15, 0.2) is 0 Å². The third-order valence-corrected chi connectivity index (χ3v) is 5.67. The van der Waals surface area contributed by atoms with Crippen molar-refractivity contribution in [1.82, 2.24) is 19.7 Å². The molecule has 4 aromatic rings. The van der Waals surface area contributed by atoms with Crippen molar-refractivity contribution in [2.24, 2.45) is 0 Å². The lowest BCUT2D eigenvalue weighted by Crippen LogP contribution is -2.41. The molecule has 0 radical (unpaired) electrons. The standard InChI is InChI=1S/C25H23N5O4/c31-24(19-9-13-33-17-19)28-20-14-27-30(16-20)21-5-3-18(4-6-21)25(32)29-11-7-22(8-12-29)34-23-2-1-10-26-15-23/h1-6,9-10,13-17,22H,7-8,11-12H2,(H,28,31). The fourth-order valence-electron chi connectivity index (χ4n) is 3.85. The Balaban J connectivity index is 1.16. The highest BCUT2D eigenvalue weighted by Gasteiger charge is 2.24. The van der Waals surface area contributed by atoms with Crippen LogP contribution in [0.25, 0.3) is 5.69 Å².